The van der Waals surface area contributed by atoms with Crippen LogP contribution < -0.4 is 10.5 Å². The molecule has 104 valence electrons. The molecule has 2 rings (SSSR count). The van der Waals surface area contributed by atoms with Gasteiger partial charge in [0.2, 0.25) is 0 Å². The molecule has 1 fully saturated rings. The smallest absolute Gasteiger partial charge is 0.119 e. The summed E-state index contributed by atoms with van der Waals surface area (Å²) in [6.45, 7) is 6.52. The summed E-state index contributed by atoms with van der Waals surface area (Å²) in [5.74, 6) is 0.817. The van der Waals surface area contributed by atoms with Crippen molar-refractivity contribution in [3.8, 4) is 5.75 Å². The first-order chi connectivity index (χ1) is 9.19. The first-order valence-corrected chi connectivity index (χ1v) is 6.96. The number of rotatable bonds is 5. The van der Waals surface area contributed by atoms with Crippen molar-refractivity contribution in [3.05, 3.63) is 29.8 Å². The molecule has 0 saturated carbocycles. The highest BCUT2D eigenvalue weighted by molar-refractivity contribution is 7.80. The Labute approximate surface area is 119 Å². The number of nitrogens with zero attached hydrogens (tertiary/aromatic N) is 1. The van der Waals surface area contributed by atoms with Crippen LogP contribution in [0.4, 0.5) is 0 Å². The Morgan fingerprint density at radius 2 is 2.21 bits per heavy atom. The van der Waals surface area contributed by atoms with Crippen LogP contribution in [0.5, 0.6) is 5.75 Å². The van der Waals surface area contributed by atoms with E-state index in [-0.39, 0.29) is 6.10 Å². The molecule has 4 nitrogen and oxygen atoms in total. The van der Waals surface area contributed by atoms with E-state index in [9.17, 15) is 0 Å². The lowest BCUT2D eigenvalue weighted by Gasteiger charge is -2.31. The molecule has 1 aliphatic heterocycles. The van der Waals surface area contributed by atoms with Crippen LogP contribution in [0.25, 0.3) is 0 Å². The topological polar surface area (TPSA) is 47.7 Å². The molecule has 0 bridgehead atoms. The molecule has 1 unspecified atom stereocenters. The molecule has 0 spiro atoms. The van der Waals surface area contributed by atoms with Gasteiger partial charge >= 0.3 is 0 Å². The van der Waals surface area contributed by atoms with Crippen molar-refractivity contribution < 1.29 is 9.47 Å². The van der Waals surface area contributed by atoms with Crippen molar-refractivity contribution in [2.45, 2.75) is 13.0 Å². The third kappa shape index (κ3) is 4.16. The van der Waals surface area contributed by atoms with Crippen LogP contribution in [-0.2, 0) is 4.74 Å². The summed E-state index contributed by atoms with van der Waals surface area (Å²) in [5, 5.41) is 0. The summed E-state index contributed by atoms with van der Waals surface area (Å²) < 4.78 is 11.4. The van der Waals surface area contributed by atoms with Crippen LogP contribution in [0, 0.1) is 0 Å². The zero-order valence-electron chi connectivity index (χ0n) is 11.2. The van der Waals surface area contributed by atoms with E-state index < -0.39 is 0 Å². The van der Waals surface area contributed by atoms with Gasteiger partial charge in [-0.15, -0.1) is 0 Å². The molecule has 19 heavy (non-hydrogen) atoms. The molecule has 0 aromatic heterocycles. The lowest BCUT2D eigenvalue weighted by atomic mass is 10.2. The van der Waals surface area contributed by atoms with Gasteiger partial charge in [0.15, 0.2) is 0 Å². The highest BCUT2D eigenvalue weighted by atomic mass is 32.1. The van der Waals surface area contributed by atoms with Crippen molar-refractivity contribution in [2.24, 2.45) is 5.73 Å². The number of thiocarbonyl (C=S) groups is 1. The quantitative estimate of drug-likeness (QED) is 0.827. The molecule has 1 aromatic rings. The second kappa shape index (κ2) is 6.84. The Hall–Kier alpha value is -1.17. The van der Waals surface area contributed by atoms with E-state index in [1.54, 1.807) is 0 Å². The van der Waals surface area contributed by atoms with Gasteiger partial charge in [-0.25, -0.2) is 0 Å². The van der Waals surface area contributed by atoms with E-state index in [0.717, 1.165) is 37.6 Å². The predicted molar refractivity (Wildman–Crippen MR) is 79.7 cm³/mol. The van der Waals surface area contributed by atoms with Crippen molar-refractivity contribution in [2.75, 3.05) is 32.8 Å². The number of hydrogen-bond donors (Lipinski definition) is 1. The fourth-order valence-electron chi connectivity index (χ4n) is 2.07. The minimum Gasteiger partial charge on any atom is -0.491 e. The van der Waals surface area contributed by atoms with E-state index in [1.165, 1.54) is 0 Å². The Morgan fingerprint density at radius 3 is 2.84 bits per heavy atom. The van der Waals surface area contributed by atoms with Gasteiger partial charge in [0.1, 0.15) is 23.4 Å². The summed E-state index contributed by atoms with van der Waals surface area (Å²) >= 11 is 4.91. The van der Waals surface area contributed by atoms with Crippen LogP contribution in [0.2, 0.25) is 0 Å². The Bertz CT molecular complexity index is 422. The van der Waals surface area contributed by atoms with Gasteiger partial charge < -0.3 is 15.2 Å². The number of benzene rings is 1. The predicted octanol–water partition coefficient (Wildman–Crippen LogP) is 1.42. The standard InChI is InChI=1S/C14H20N2O2S/c1-2-16-7-8-17-13(9-16)10-18-12-5-3-11(4-6-12)14(15)19/h3-6,13H,2,7-10H2,1H3,(H2,15,19). The average molecular weight is 280 g/mol. The summed E-state index contributed by atoms with van der Waals surface area (Å²) in [5.41, 5.74) is 6.41. The summed E-state index contributed by atoms with van der Waals surface area (Å²) in [4.78, 5) is 2.77. The monoisotopic (exact) mass is 280 g/mol. The highest BCUT2D eigenvalue weighted by Crippen LogP contribution is 2.14. The van der Waals surface area contributed by atoms with E-state index in [4.69, 9.17) is 27.4 Å². The SMILES string of the molecule is CCN1CCOC(COc2ccc(C(N)=S)cc2)C1. The van der Waals surface area contributed by atoms with Gasteiger partial charge in [-0.05, 0) is 30.8 Å². The van der Waals surface area contributed by atoms with Crippen molar-refractivity contribution in [1.82, 2.24) is 4.90 Å². The first-order valence-electron chi connectivity index (χ1n) is 6.55. The van der Waals surface area contributed by atoms with E-state index in [1.807, 2.05) is 24.3 Å². The van der Waals surface area contributed by atoms with E-state index >= 15 is 0 Å². The maximum Gasteiger partial charge on any atom is 0.119 e. The van der Waals surface area contributed by atoms with Gasteiger partial charge in [-0.1, -0.05) is 19.1 Å². The molecule has 1 atom stereocenters. The van der Waals surface area contributed by atoms with Crippen LogP contribution >= 0.6 is 12.2 Å². The van der Waals surface area contributed by atoms with Gasteiger partial charge in [0.25, 0.3) is 0 Å². The minimum atomic E-state index is 0.143. The van der Waals surface area contributed by atoms with Gasteiger partial charge in [-0.2, -0.15) is 0 Å². The Morgan fingerprint density at radius 1 is 1.47 bits per heavy atom. The number of morpholine rings is 1. The molecular formula is C14H20N2O2S. The molecule has 1 aromatic carbocycles. The average Bonchev–Trinajstić information content (AvgIpc) is 2.46. The molecule has 1 heterocycles. The van der Waals surface area contributed by atoms with Crippen molar-refractivity contribution >= 4 is 17.2 Å². The molecule has 0 amide bonds. The lowest BCUT2D eigenvalue weighted by molar-refractivity contribution is -0.0464. The number of ether oxygens (including phenoxy) is 2. The normalized spacial score (nSPS) is 20.2. The maximum atomic E-state index is 5.74. The van der Waals surface area contributed by atoms with Crippen molar-refractivity contribution in [1.29, 1.82) is 0 Å². The summed E-state index contributed by atoms with van der Waals surface area (Å²) in [7, 11) is 0. The number of hydrogen-bond acceptors (Lipinski definition) is 4. The zero-order chi connectivity index (χ0) is 13.7. The van der Waals surface area contributed by atoms with Gasteiger partial charge in [0.05, 0.1) is 6.61 Å². The van der Waals surface area contributed by atoms with Crippen LogP contribution in [0.15, 0.2) is 24.3 Å². The van der Waals surface area contributed by atoms with Crippen molar-refractivity contribution in [3.63, 3.8) is 0 Å². The summed E-state index contributed by atoms with van der Waals surface area (Å²) in [6.07, 6.45) is 0.143. The first kappa shape index (κ1) is 14.2. The van der Waals surface area contributed by atoms with E-state index in [2.05, 4.69) is 11.8 Å². The second-order valence-electron chi connectivity index (χ2n) is 4.59. The molecular weight excluding hydrogens is 260 g/mol. The fourth-order valence-corrected chi connectivity index (χ4v) is 2.21. The minimum absolute atomic E-state index is 0.143. The fraction of sp³-hybridized carbons (Fsp3) is 0.500. The largest absolute Gasteiger partial charge is 0.491 e. The molecule has 5 heteroatoms. The van der Waals surface area contributed by atoms with E-state index in [0.29, 0.717) is 11.6 Å². The molecule has 1 aliphatic rings. The number of nitrogens with two attached hydrogens (primary N) is 1. The van der Waals surface area contributed by atoms with Crippen LogP contribution in [0.3, 0.4) is 0 Å². The highest BCUT2D eigenvalue weighted by Gasteiger charge is 2.19. The third-order valence-corrected chi connectivity index (χ3v) is 3.48. The van der Waals surface area contributed by atoms with Gasteiger partial charge in [0, 0.05) is 18.7 Å². The molecule has 0 radical (unpaired) electrons. The maximum absolute atomic E-state index is 5.74. The Kier molecular flexibility index (Phi) is 5.13. The molecule has 1 saturated heterocycles. The second-order valence-corrected chi connectivity index (χ2v) is 5.03. The van der Waals surface area contributed by atoms with Crippen LogP contribution in [-0.4, -0.2) is 48.8 Å². The molecule has 2 N–H and O–H groups in total. The number of likely N-dealkylation sites (N-methyl/N-ethyl adjacent to an activating group) is 1. The lowest BCUT2D eigenvalue weighted by Crippen LogP contribution is -2.44. The zero-order valence-corrected chi connectivity index (χ0v) is 12.0. The molecule has 0 aliphatic carbocycles. The summed E-state index contributed by atoms with van der Waals surface area (Å²) in [6, 6.07) is 7.51. The van der Waals surface area contributed by atoms with Gasteiger partial charge in [-0.3, -0.25) is 4.90 Å². The van der Waals surface area contributed by atoms with Crippen LogP contribution in [0.1, 0.15) is 12.5 Å². The Balaban J connectivity index is 1.83. The third-order valence-electron chi connectivity index (χ3n) is 3.24.